The highest BCUT2D eigenvalue weighted by Crippen LogP contribution is 2.39. The number of aryl methyl sites for hydroxylation is 3. The van der Waals surface area contributed by atoms with Crippen molar-refractivity contribution in [2.75, 3.05) is 26.2 Å². The summed E-state index contributed by atoms with van der Waals surface area (Å²) in [6.07, 6.45) is 0. The number of benzene rings is 2. The Morgan fingerprint density at radius 1 is 0.941 bits per heavy atom. The molecule has 0 N–H and O–H groups in total. The predicted octanol–water partition coefficient (Wildman–Crippen LogP) is 3.92. The molecule has 0 unspecified atom stereocenters. The number of rotatable bonds is 7. The number of nitrogens with zero attached hydrogens (tertiary/aromatic N) is 5. The second-order valence-corrected chi connectivity index (χ2v) is 7.92. The Morgan fingerprint density at radius 3 is 2.26 bits per heavy atom. The Bertz CT molecular complexity index is 1340. The van der Waals surface area contributed by atoms with Gasteiger partial charge in [-0.25, -0.2) is 9.50 Å². The first kappa shape index (κ1) is 23.0. The van der Waals surface area contributed by atoms with Gasteiger partial charge in [-0.15, -0.1) is 5.10 Å². The standard InChI is InChI=1S/C25H27N5O4/c1-15-8-7-9-19(10-15)29(14-22-27-25-26-16(2)11-17(3)30(25)28-22)24(31)18-12-20(32-4)23(34-6)21(13-18)33-5/h7-13H,14H2,1-6H3. The second kappa shape index (κ2) is 9.38. The van der Waals surface area contributed by atoms with Gasteiger partial charge >= 0.3 is 0 Å². The molecule has 0 aliphatic heterocycles. The van der Waals surface area contributed by atoms with Gasteiger partial charge in [-0.1, -0.05) is 12.1 Å². The SMILES string of the molecule is COc1cc(C(=O)N(Cc2nc3nc(C)cc(C)n3n2)c2cccc(C)c2)cc(OC)c1OC. The lowest BCUT2D eigenvalue weighted by Crippen LogP contribution is -2.31. The topological polar surface area (TPSA) is 91.1 Å². The average Bonchev–Trinajstić information content (AvgIpc) is 3.24. The van der Waals surface area contributed by atoms with E-state index in [4.69, 9.17) is 14.2 Å². The minimum absolute atomic E-state index is 0.154. The van der Waals surface area contributed by atoms with E-state index in [1.54, 1.807) is 21.5 Å². The van der Waals surface area contributed by atoms with E-state index in [9.17, 15) is 4.79 Å². The van der Waals surface area contributed by atoms with Gasteiger partial charge in [0.25, 0.3) is 11.7 Å². The first-order chi connectivity index (χ1) is 16.3. The number of anilines is 1. The van der Waals surface area contributed by atoms with Crippen LogP contribution in [0.25, 0.3) is 5.78 Å². The number of hydrogen-bond acceptors (Lipinski definition) is 7. The third kappa shape index (κ3) is 4.36. The lowest BCUT2D eigenvalue weighted by molar-refractivity contribution is 0.0983. The van der Waals surface area contributed by atoms with Gasteiger partial charge in [0.05, 0.1) is 27.9 Å². The second-order valence-electron chi connectivity index (χ2n) is 7.92. The van der Waals surface area contributed by atoms with Crippen molar-refractivity contribution in [3.8, 4) is 17.2 Å². The van der Waals surface area contributed by atoms with Crippen LogP contribution in [0.5, 0.6) is 17.2 Å². The van der Waals surface area contributed by atoms with Crippen LogP contribution >= 0.6 is 0 Å². The first-order valence-electron chi connectivity index (χ1n) is 10.7. The number of amides is 1. The Balaban J connectivity index is 1.80. The van der Waals surface area contributed by atoms with Crippen molar-refractivity contribution in [1.82, 2.24) is 19.6 Å². The number of carbonyl (C=O) groups excluding carboxylic acids is 1. The van der Waals surface area contributed by atoms with Crippen LogP contribution in [-0.4, -0.2) is 46.8 Å². The van der Waals surface area contributed by atoms with Crippen LogP contribution < -0.4 is 19.1 Å². The van der Waals surface area contributed by atoms with Gasteiger partial charge in [-0.2, -0.15) is 4.98 Å². The summed E-state index contributed by atoms with van der Waals surface area (Å²) in [5.41, 5.74) is 3.90. The number of hydrogen-bond donors (Lipinski definition) is 0. The number of carbonyl (C=O) groups is 1. The van der Waals surface area contributed by atoms with E-state index in [-0.39, 0.29) is 12.5 Å². The summed E-state index contributed by atoms with van der Waals surface area (Å²) in [6, 6.07) is 12.9. The van der Waals surface area contributed by atoms with Crippen LogP contribution in [0.15, 0.2) is 42.5 Å². The van der Waals surface area contributed by atoms with Crippen molar-refractivity contribution >= 4 is 17.4 Å². The lowest BCUT2D eigenvalue weighted by atomic mass is 10.1. The summed E-state index contributed by atoms with van der Waals surface area (Å²) in [5, 5.41) is 4.59. The molecule has 4 rings (SSSR count). The van der Waals surface area contributed by atoms with Gasteiger partial charge in [-0.3, -0.25) is 4.79 Å². The molecule has 1 amide bonds. The summed E-state index contributed by atoms with van der Waals surface area (Å²) >= 11 is 0. The van der Waals surface area contributed by atoms with Gasteiger partial charge in [0.15, 0.2) is 17.3 Å². The van der Waals surface area contributed by atoms with E-state index >= 15 is 0 Å². The number of ether oxygens (including phenoxy) is 3. The molecule has 2 aromatic heterocycles. The summed E-state index contributed by atoms with van der Waals surface area (Å²) in [7, 11) is 4.55. The van der Waals surface area contributed by atoms with Crippen molar-refractivity contribution < 1.29 is 19.0 Å². The number of fused-ring (bicyclic) bond motifs is 1. The third-order valence-corrected chi connectivity index (χ3v) is 5.43. The normalized spacial score (nSPS) is 10.9. The maximum atomic E-state index is 13.8. The summed E-state index contributed by atoms with van der Waals surface area (Å²) < 4.78 is 18.0. The van der Waals surface area contributed by atoms with E-state index in [1.165, 1.54) is 21.3 Å². The van der Waals surface area contributed by atoms with Gasteiger partial charge in [0, 0.05) is 22.6 Å². The largest absolute Gasteiger partial charge is 0.493 e. The minimum atomic E-state index is -0.260. The molecule has 0 aliphatic rings. The lowest BCUT2D eigenvalue weighted by Gasteiger charge is -2.23. The quantitative estimate of drug-likeness (QED) is 0.412. The third-order valence-electron chi connectivity index (χ3n) is 5.43. The molecule has 0 aliphatic carbocycles. The maximum absolute atomic E-state index is 13.8. The van der Waals surface area contributed by atoms with Crippen molar-refractivity contribution in [1.29, 1.82) is 0 Å². The molecule has 34 heavy (non-hydrogen) atoms. The van der Waals surface area contributed by atoms with Gasteiger partial charge < -0.3 is 19.1 Å². The molecule has 0 saturated heterocycles. The van der Waals surface area contributed by atoms with E-state index in [2.05, 4.69) is 15.1 Å². The maximum Gasteiger partial charge on any atom is 0.258 e. The first-order valence-corrected chi connectivity index (χ1v) is 10.7. The molecule has 0 spiro atoms. The van der Waals surface area contributed by atoms with Gasteiger partial charge in [0.1, 0.15) is 0 Å². The molecule has 0 atom stereocenters. The van der Waals surface area contributed by atoms with Crippen molar-refractivity contribution in [3.05, 3.63) is 70.8 Å². The van der Waals surface area contributed by atoms with Crippen molar-refractivity contribution in [2.24, 2.45) is 0 Å². The molecule has 2 aromatic carbocycles. The molecule has 0 radical (unpaired) electrons. The summed E-state index contributed by atoms with van der Waals surface area (Å²) in [6.45, 7) is 5.99. The Kier molecular flexibility index (Phi) is 6.36. The number of aromatic nitrogens is 4. The molecule has 0 saturated carbocycles. The van der Waals surface area contributed by atoms with Crippen LogP contribution in [0.1, 0.15) is 33.1 Å². The van der Waals surface area contributed by atoms with Crippen molar-refractivity contribution in [3.63, 3.8) is 0 Å². The van der Waals surface area contributed by atoms with E-state index in [0.717, 1.165) is 22.6 Å². The van der Waals surface area contributed by atoms with Crippen LogP contribution in [-0.2, 0) is 6.54 Å². The fraction of sp³-hybridized carbons (Fsp3) is 0.280. The highest BCUT2D eigenvalue weighted by Gasteiger charge is 2.24. The molecule has 4 aromatic rings. The zero-order chi connectivity index (χ0) is 24.4. The molecule has 2 heterocycles. The van der Waals surface area contributed by atoms with Crippen LogP contribution in [0.3, 0.4) is 0 Å². The molecule has 0 fully saturated rings. The van der Waals surface area contributed by atoms with Crippen molar-refractivity contribution in [2.45, 2.75) is 27.3 Å². The zero-order valence-corrected chi connectivity index (χ0v) is 20.1. The Morgan fingerprint density at radius 2 is 1.65 bits per heavy atom. The monoisotopic (exact) mass is 461 g/mol. The smallest absolute Gasteiger partial charge is 0.258 e. The molecule has 9 nitrogen and oxygen atoms in total. The molecular formula is C25H27N5O4. The molecule has 176 valence electrons. The fourth-order valence-electron chi connectivity index (χ4n) is 3.85. The van der Waals surface area contributed by atoms with Gasteiger partial charge in [-0.05, 0) is 56.7 Å². The van der Waals surface area contributed by atoms with E-state index < -0.39 is 0 Å². The molecule has 0 bridgehead atoms. The van der Waals surface area contributed by atoms with Crippen LogP contribution in [0, 0.1) is 20.8 Å². The Hall–Kier alpha value is -4.14. The fourth-order valence-corrected chi connectivity index (χ4v) is 3.85. The molecular weight excluding hydrogens is 434 g/mol. The van der Waals surface area contributed by atoms with Gasteiger partial charge in [0.2, 0.25) is 5.75 Å². The molecule has 9 heteroatoms. The minimum Gasteiger partial charge on any atom is -0.493 e. The highest BCUT2D eigenvalue weighted by atomic mass is 16.5. The van der Waals surface area contributed by atoms with Crippen LogP contribution in [0.2, 0.25) is 0 Å². The summed E-state index contributed by atoms with van der Waals surface area (Å²) in [4.78, 5) is 24.5. The Labute approximate surface area is 197 Å². The highest BCUT2D eigenvalue weighted by molar-refractivity contribution is 6.06. The predicted molar refractivity (Wildman–Crippen MR) is 128 cm³/mol. The zero-order valence-electron chi connectivity index (χ0n) is 20.1. The van der Waals surface area contributed by atoms with E-state index in [0.29, 0.717) is 34.4 Å². The summed E-state index contributed by atoms with van der Waals surface area (Å²) in [5.74, 6) is 1.93. The average molecular weight is 462 g/mol. The van der Waals surface area contributed by atoms with Crippen LogP contribution in [0.4, 0.5) is 5.69 Å². The van der Waals surface area contributed by atoms with E-state index in [1.807, 2.05) is 51.1 Å². The number of methoxy groups -OCH3 is 3.